The van der Waals surface area contributed by atoms with Crippen LogP contribution in [-0.2, 0) is 25.2 Å². The fourth-order valence-corrected chi connectivity index (χ4v) is 10.0. The van der Waals surface area contributed by atoms with Crippen molar-refractivity contribution in [2.24, 2.45) is 0 Å². The van der Waals surface area contributed by atoms with E-state index in [4.69, 9.17) is 9.16 Å². The van der Waals surface area contributed by atoms with Gasteiger partial charge in [0.25, 0.3) is 8.32 Å². The van der Waals surface area contributed by atoms with Crippen LogP contribution in [0.15, 0.2) is 103 Å². The van der Waals surface area contributed by atoms with E-state index in [1.807, 2.05) is 48.5 Å². The fourth-order valence-electron chi connectivity index (χ4n) is 5.42. The molecule has 4 aromatic carbocycles. The highest BCUT2D eigenvalue weighted by molar-refractivity contribution is 6.99. The molecule has 0 heterocycles. The van der Waals surface area contributed by atoms with Gasteiger partial charge in [0.15, 0.2) is 0 Å². The molecular weight excluding hydrogens is 514 g/mol. The van der Waals surface area contributed by atoms with E-state index in [-0.39, 0.29) is 17.4 Å². The highest BCUT2D eigenvalue weighted by atomic mass is 28.4. The van der Waals surface area contributed by atoms with Crippen LogP contribution in [0.25, 0.3) is 10.8 Å². The van der Waals surface area contributed by atoms with Crippen molar-refractivity contribution in [2.45, 2.75) is 51.1 Å². The Morgan fingerprint density at radius 1 is 0.800 bits per heavy atom. The molecule has 0 saturated heterocycles. The molecule has 4 aromatic rings. The van der Waals surface area contributed by atoms with Gasteiger partial charge in [-0.2, -0.15) is 0 Å². The Bertz CT molecular complexity index is 1380. The van der Waals surface area contributed by atoms with Crippen LogP contribution in [0.3, 0.4) is 0 Å². The van der Waals surface area contributed by atoms with Crippen molar-refractivity contribution in [3.63, 3.8) is 0 Å². The van der Waals surface area contributed by atoms with Crippen molar-refractivity contribution in [1.29, 1.82) is 0 Å². The molecule has 4 rings (SSSR count). The summed E-state index contributed by atoms with van der Waals surface area (Å²) in [6.45, 7) is 7.15. The quantitative estimate of drug-likeness (QED) is 0.154. The van der Waals surface area contributed by atoms with Crippen molar-refractivity contribution in [1.82, 2.24) is 5.32 Å². The molecule has 0 aromatic heterocycles. The molecule has 0 fully saturated rings. The van der Waals surface area contributed by atoms with Gasteiger partial charge in [-0.25, -0.2) is 4.79 Å². The Morgan fingerprint density at radius 3 is 1.95 bits per heavy atom. The summed E-state index contributed by atoms with van der Waals surface area (Å²) in [5.74, 6) is -0.646. The SMILES string of the molecule is COC(=O)[C@@H](Cc1ccc2ccccc2c1)NC(=O)CCCO[Si](c1ccccc1)(c1ccccc1)C(C)(C)C. The average Bonchev–Trinajstić information content (AvgIpc) is 2.96. The Morgan fingerprint density at radius 2 is 1.38 bits per heavy atom. The Kier molecular flexibility index (Phi) is 9.56. The van der Waals surface area contributed by atoms with Gasteiger partial charge in [0.1, 0.15) is 6.04 Å². The molecular formula is C34H39NO4Si. The maximum absolute atomic E-state index is 13.0. The predicted molar refractivity (Wildman–Crippen MR) is 164 cm³/mol. The van der Waals surface area contributed by atoms with Gasteiger partial charge in [-0.15, -0.1) is 0 Å². The van der Waals surface area contributed by atoms with Gasteiger partial charge in [-0.1, -0.05) is 124 Å². The minimum absolute atomic E-state index is 0.131. The fraction of sp³-hybridized carbons (Fsp3) is 0.294. The van der Waals surface area contributed by atoms with Crippen LogP contribution < -0.4 is 15.7 Å². The van der Waals surface area contributed by atoms with Crippen molar-refractivity contribution < 1.29 is 18.8 Å². The molecule has 0 bridgehead atoms. The smallest absolute Gasteiger partial charge is 0.328 e. The van der Waals surface area contributed by atoms with E-state index in [0.29, 0.717) is 19.4 Å². The van der Waals surface area contributed by atoms with Crippen molar-refractivity contribution in [3.8, 4) is 0 Å². The summed E-state index contributed by atoms with van der Waals surface area (Å²) in [4.78, 5) is 25.5. The lowest BCUT2D eigenvalue weighted by Crippen LogP contribution is -2.66. The van der Waals surface area contributed by atoms with E-state index in [1.54, 1.807) is 0 Å². The molecule has 0 spiro atoms. The molecule has 0 radical (unpaired) electrons. The van der Waals surface area contributed by atoms with Gasteiger partial charge in [0.2, 0.25) is 5.91 Å². The maximum atomic E-state index is 13.0. The van der Waals surface area contributed by atoms with Crippen LogP contribution in [0.1, 0.15) is 39.2 Å². The van der Waals surface area contributed by atoms with E-state index in [0.717, 1.165) is 16.3 Å². The summed E-state index contributed by atoms with van der Waals surface area (Å²) in [6, 6.07) is 34.3. The first-order chi connectivity index (χ1) is 19.2. The molecule has 6 heteroatoms. The molecule has 208 valence electrons. The number of fused-ring (bicyclic) bond motifs is 1. The number of hydrogen-bond donors (Lipinski definition) is 1. The second-order valence-corrected chi connectivity index (χ2v) is 15.4. The maximum Gasteiger partial charge on any atom is 0.328 e. The Balaban J connectivity index is 1.43. The largest absolute Gasteiger partial charge is 0.467 e. The first kappa shape index (κ1) is 29.2. The zero-order valence-corrected chi connectivity index (χ0v) is 24.9. The molecule has 1 atom stereocenters. The number of benzene rings is 4. The summed E-state index contributed by atoms with van der Waals surface area (Å²) < 4.78 is 11.9. The number of carbonyl (C=O) groups excluding carboxylic acids is 2. The van der Waals surface area contributed by atoms with Crippen LogP contribution in [-0.4, -0.2) is 40.0 Å². The minimum Gasteiger partial charge on any atom is -0.467 e. The molecule has 1 N–H and O–H groups in total. The van der Waals surface area contributed by atoms with Crippen molar-refractivity contribution in [3.05, 3.63) is 109 Å². The summed E-state index contributed by atoms with van der Waals surface area (Å²) in [6.07, 6.45) is 1.16. The van der Waals surface area contributed by atoms with Gasteiger partial charge in [-0.3, -0.25) is 4.79 Å². The number of esters is 1. The lowest BCUT2D eigenvalue weighted by atomic mass is 10.0. The Hall–Kier alpha value is -3.74. The number of rotatable bonds is 11. The van der Waals surface area contributed by atoms with Gasteiger partial charge in [-0.05, 0) is 38.2 Å². The molecule has 0 aliphatic heterocycles. The summed E-state index contributed by atoms with van der Waals surface area (Å²) >= 11 is 0. The summed E-state index contributed by atoms with van der Waals surface area (Å²) in [5, 5.41) is 7.41. The van der Waals surface area contributed by atoms with Gasteiger partial charge >= 0.3 is 5.97 Å². The van der Waals surface area contributed by atoms with Crippen LogP contribution in [0, 0.1) is 0 Å². The number of methoxy groups -OCH3 is 1. The van der Waals surface area contributed by atoms with E-state index >= 15 is 0 Å². The first-order valence-electron chi connectivity index (χ1n) is 13.8. The highest BCUT2D eigenvalue weighted by Crippen LogP contribution is 2.36. The third-order valence-corrected chi connectivity index (χ3v) is 12.4. The number of carbonyl (C=O) groups is 2. The number of nitrogens with one attached hydrogen (secondary N) is 1. The Labute approximate surface area is 238 Å². The van der Waals surface area contributed by atoms with Gasteiger partial charge < -0.3 is 14.5 Å². The molecule has 40 heavy (non-hydrogen) atoms. The third kappa shape index (κ3) is 6.69. The van der Waals surface area contributed by atoms with Gasteiger partial charge in [0, 0.05) is 19.4 Å². The van der Waals surface area contributed by atoms with Crippen LogP contribution in [0.5, 0.6) is 0 Å². The molecule has 0 aliphatic carbocycles. The second-order valence-electron chi connectivity index (χ2n) is 11.1. The standard InChI is InChI=1S/C34H39NO4Si/c1-34(2,3)40(29-16-7-5-8-17-29,30-18-9-6-10-19-30)39-23-13-20-32(36)35-31(33(37)38-4)25-26-21-22-27-14-11-12-15-28(27)24-26/h5-12,14-19,21-22,24,31H,13,20,23,25H2,1-4H3,(H,35,36)/t31-/m1/s1. The minimum atomic E-state index is -2.66. The van der Waals surface area contributed by atoms with Gasteiger partial charge in [0.05, 0.1) is 7.11 Å². The van der Waals surface area contributed by atoms with Crippen LogP contribution >= 0.6 is 0 Å². The molecule has 0 unspecified atom stereocenters. The monoisotopic (exact) mass is 553 g/mol. The second kappa shape index (κ2) is 13.1. The van der Waals surface area contributed by atoms with E-state index < -0.39 is 20.3 Å². The van der Waals surface area contributed by atoms with E-state index in [1.165, 1.54) is 17.5 Å². The van der Waals surface area contributed by atoms with Crippen LogP contribution in [0.4, 0.5) is 0 Å². The van der Waals surface area contributed by atoms with Crippen molar-refractivity contribution in [2.75, 3.05) is 13.7 Å². The molecule has 5 nitrogen and oxygen atoms in total. The molecule has 0 saturated carbocycles. The molecule has 1 amide bonds. The number of amides is 1. The highest BCUT2D eigenvalue weighted by Gasteiger charge is 2.49. The lowest BCUT2D eigenvalue weighted by Gasteiger charge is -2.43. The molecule has 0 aliphatic rings. The van der Waals surface area contributed by atoms with Crippen molar-refractivity contribution >= 4 is 41.3 Å². The predicted octanol–water partition coefficient (Wildman–Crippen LogP) is 5.40. The lowest BCUT2D eigenvalue weighted by molar-refractivity contribution is -0.145. The first-order valence-corrected chi connectivity index (χ1v) is 15.8. The summed E-state index contributed by atoms with van der Waals surface area (Å²) in [5.41, 5.74) is 0.962. The number of hydrogen-bond acceptors (Lipinski definition) is 4. The zero-order chi connectivity index (χ0) is 28.6. The average molecular weight is 554 g/mol. The zero-order valence-electron chi connectivity index (χ0n) is 23.9. The van der Waals surface area contributed by atoms with E-state index in [9.17, 15) is 9.59 Å². The van der Waals surface area contributed by atoms with Crippen LogP contribution in [0.2, 0.25) is 5.04 Å². The summed E-state index contributed by atoms with van der Waals surface area (Å²) in [7, 11) is -1.31. The number of ether oxygens (including phenoxy) is 1. The third-order valence-electron chi connectivity index (χ3n) is 7.36. The normalized spacial score (nSPS) is 12.6. The van der Waals surface area contributed by atoms with E-state index in [2.05, 4.69) is 80.7 Å². The topological polar surface area (TPSA) is 64.6 Å².